The van der Waals surface area contributed by atoms with Gasteiger partial charge in [0.15, 0.2) is 0 Å². The van der Waals surface area contributed by atoms with Gasteiger partial charge in [0.25, 0.3) is 0 Å². The Hall–Kier alpha value is -0.820. The molecule has 0 aromatic carbocycles. The van der Waals surface area contributed by atoms with E-state index in [4.69, 9.17) is 0 Å². The SMILES string of the molecule is CCN(CC(NC(C)C)C(=O)OC)CC(F)(F)F. The first kappa shape index (κ1) is 17.2. The Morgan fingerprint density at radius 3 is 2.28 bits per heavy atom. The van der Waals surface area contributed by atoms with Crippen LogP contribution in [0, 0.1) is 0 Å². The summed E-state index contributed by atoms with van der Waals surface area (Å²) in [7, 11) is 1.22. The lowest BCUT2D eigenvalue weighted by molar-refractivity contribution is -0.152. The number of methoxy groups -OCH3 is 1. The van der Waals surface area contributed by atoms with Crippen molar-refractivity contribution in [3.05, 3.63) is 0 Å². The first-order chi connectivity index (χ1) is 8.19. The van der Waals surface area contributed by atoms with Crippen LogP contribution >= 0.6 is 0 Å². The average Bonchev–Trinajstić information content (AvgIpc) is 2.23. The number of nitrogens with one attached hydrogen (secondary N) is 1. The molecule has 1 N–H and O–H groups in total. The van der Waals surface area contributed by atoms with Crippen LogP contribution in [0.15, 0.2) is 0 Å². The lowest BCUT2D eigenvalue weighted by Gasteiger charge is -2.27. The van der Waals surface area contributed by atoms with Crippen molar-refractivity contribution in [1.82, 2.24) is 10.2 Å². The Balaban J connectivity index is 4.56. The Labute approximate surface area is 105 Å². The molecule has 0 aliphatic carbocycles. The molecule has 0 fully saturated rings. The standard InChI is InChI=1S/C11H21F3N2O2/c1-5-16(7-11(12,13)14)6-9(10(17)18-4)15-8(2)3/h8-9,15H,5-7H2,1-4H3. The fourth-order valence-electron chi connectivity index (χ4n) is 1.56. The molecule has 0 aliphatic rings. The molecule has 0 saturated carbocycles. The second-order valence-electron chi connectivity index (χ2n) is 4.34. The first-order valence-electron chi connectivity index (χ1n) is 5.82. The van der Waals surface area contributed by atoms with Gasteiger partial charge in [0.2, 0.25) is 0 Å². The number of hydrogen-bond acceptors (Lipinski definition) is 4. The second-order valence-corrected chi connectivity index (χ2v) is 4.34. The lowest BCUT2D eigenvalue weighted by Crippen LogP contribution is -2.50. The van der Waals surface area contributed by atoms with Gasteiger partial charge < -0.3 is 10.1 Å². The molecular formula is C11H21F3N2O2. The van der Waals surface area contributed by atoms with Crippen molar-refractivity contribution in [2.45, 2.75) is 39.0 Å². The van der Waals surface area contributed by atoms with Crippen LogP contribution in [0.3, 0.4) is 0 Å². The topological polar surface area (TPSA) is 41.6 Å². The van der Waals surface area contributed by atoms with E-state index in [1.165, 1.54) is 7.11 Å². The van der Waals surface area contributed by atoms with Crippen LogP contribution in [0.5, 0.6) is 0 Å². The molecule has 0 saturated heterocycles. The Morgan fingerprint density at radius 2 is 1.94 bits per heavy atom. The van der Waals surface area contributed by atoms with Crippen molar-refractivity contribution in [3.8, 4) is 0 Å². The highest BCUT2D eigenvalue weighted by atomic mass is 19.4. The van der Waals surface area contributed by atoms with Crippen LogP contribution in [0.1, 0.15) is 20.8 Å². The molecular weight excluding hydrogens is 249 g/mol. The fraction of sp³-hybridized carbons (Fsp3) is 0.909. The summed E-state index contributed by atoms with van der Waals surface area (Å²) in [6, 6.07) is -0.768. The van der Waals surface area contributed by atoms with Crippen LogP contribution in [0.2, 0.25) is 0 Å². The van der Waals surface area contributed by atoms with E-state index in [1.807, 2.05) is 13.8 Å². The van der Waals surface area contributed by atoms with Crippen LogP contribution in [-0.2, 0) is 9.53 Å². The molecule has 0 rings (SSSR count). The van der Waals surface area contributed by atoms with Gasteiger partial charge in [0, 0.05) is 12.6 Å². The third-order valence-electron chi connectivity index (χ3n) is 2.31. The predicted octanol–water partition coefficient (Wildman–Crippen LogP) is 1.41. The van der Waals surface area contributed by atoms with Gasteiger partial charge in [-0.05, 0) is 6.54 Å². The molecule has 4 nitrogen and oxygen atoms in total. The highest BCUT2D eigenvalue weighted by molar-refractivity contribution is 5.75. The Morgan fingerprint density at radius 1 is 1.39 bits per heavy atom. The summed E-state index contributed by atoms with van der Waals surface area (Å²) in [5.74, 6) is -0.552. The van der Waals surface area contributed by atoms with Gasteiger partial charge in [-0.25, -0.2) is 0 Å². The fourth-order valence-corrected chi connectivity index (χ4v) is 1.56. The van der Waals surface area contributed by atoms with Crippen molar-refractivity contribution < 1.29 is 22.7 Å². The summed E-state index contributed by atoms with van der Waals surface area (Å²) in [4.78, 5) is 12.6. The quantitative estimate of drug-likeness (QED) is 0.710. The summed E-state index contributed by atoms with van der Waals surface area (Å²) >= 11 is 0. The molecule has 0 spiro atoms. The highest BCUT2D eigenvalue weighted by Gasteiger charge is 2.32. The van der Waals surface area contributed by atoms with E-state index < -0.39 is 24.7 Å². The maximum atomic E-state index is 12.3. The summed E-state index contributed by atoms with van der Waals surface area (Å²) in [5.41, 5.74) is 0. The van der Waals surface area contributed by atoms with Crippen molar-refractivity contribution in [2.75, 3.05) is 26.7 Å². The van der Waals surface area contributed by atoms with Crippen molar-refractivity contribution in [2.24, 2.45) is 0 Å². The van der Waals surface area contributed by atoms with E-state index >= 15 is 0 Å². The zero-order valence-corrected chi connectivity index (χ0v) is 11.2. The van der Waals surface area contributed by atoms with E-state index in [0.29, 0.717) is 0 Å². The minimum absolute atomic E-state index is 0.0151. The number of hydrogen-bond donors (Lipinski definition) is 1. The monoisotopic (exact) mass is 270 g/mol. The van der Waals surface area contributed by atoms with E-state index in [-0.39, 0.29) is 19.1 Å². The molecule has 7 heteroatoms. The number of rotatable bonds is 7. The average molecular weight is 270 g/mol. The van der Waals surface area contributed by atoms with Gasteiger partial charge in [0.05, 0.1) is 13.7 Å². The van der Waals surface area contributed by atoms with Crippen LogP contribution in [-0.4, -0.2) is 55.9 Å². The molecule has 0 bridgehead atoms. The van der Waals surface area contributed by atoms with E-state index in [1.54, 1.807) is 6.92 Å². The molecule has 108 valence electrons. The second kappa shape index (κ2) is 7.58. The van der Waals surface area contributed by atoms with Crippen LogP contribution < -0.4 is 5.32 Å². The summed E-state index contributed by atoms with van der Waals surface area (Å²) in [6.07, 6.45) is -4.27. The largest absolute Gasteiger partial charge is 0.468 e. The number of halogens is 3. The minimum Gasteiger partial charge on any atom is -0.468 e. The molecule has 18 heavy (non-hydrogen) atoms. The van der Waals surface area contributed by atoms with Gasteiger partial charge >= 0.3 is 12.1 Å². The molecule has 1 unspecified atom stereocenters. The summed E-state index contributed by atoms with van der Waals surface area (Å²) in [5, 5.41) is 2.90. The van der Waals surface area contributed by atoms with Gasteiger partial charge in [-0.3, -0.25) is 9.69 Å². The van der Waals surface area contributed by atoms with Crippen molar-refractivity contribution in [3.63, 3.8) is 0 Å². The summed E-state index contributed by atoms with van der Waals surface area (Å²) in [6.45, 7) is 4.41. The molecule has 0 aliphatic heterocycles. The number of nitrogens with zero attached hydrogens (tertiary/aromatic N) is 1. The third kappa shape index (κ3) is 7.50. The number of ether oxygens (including phenoxy) is 1. The van der Waals surface area contributed by atoms with Gasteiger partial charge in [0.1, 0.15) is 6.04 Å². The molecule has 0 heterocycles. The number of alkyl halides is 3. The molecule has 0 aromatic heterocycles. The maximum absolute atomic E-state index is 12.3. The van der Waals surface area contributed by atoms with E-state index in [9.17, 15) is 18.0 Å². The molecule has 1 atom stereocenters. The van der Waals surface area contributed by atoms with Crippen molar-refractivity contribution in [1.29, 1.82) is 0 Å². The van der Waals surface area contributed by atoms with E-state index in [2.05, 4.69) is 10.1 Å². The molecule has 0 amide bonds. The number of carbonyl (C=O) groups excluding carboxylic acids is 1. The normalized spacial score (nSPS) is 14.1. The maximum Gasteiger partial charge on any atom is 0.401 e. The van der Waals surface area contributed by atoms with Crippen molar-refractivity contribution >= 4 is 5.97 Å². The molecule has 0 radical (unpaired) electrons. The Kier molecular flexibility index (Phi) is 7.23. The smallest absolute Gasteiger partial charge is 0.401 e. The zero-order chi connectivity index (χ0) is 14.3. The number of likely N-dealkylation sites (N-methyl/N-ethyl adjacent to an activating group) is 1. The summed E-state index contributed by atoms with van der Waals surface area (Å²) < 4.78 is 41.5. The third-order valence-corrected chi connectivity index (χ3v) is 2.31. The van der Waals surface area contributed by atoms with Gasteiger partial charge in [-0.15, -0.1) is 0 Å². The zero-order valence-electron chi connectivity index (χ0n) is 11.2. The molecule has 0 aromatic rings. The highest BCUT2D eigenvalue weighted by Crippen LogP contribution is 2.16. The number of esters is 1. The predicted molar refractivity (Wildman–Crippen MR) is 62.2 cm³/mol. The minimum atomic E-state index is -4.27. The Bertz CT molecular complexity index is 257. The first-order valence-corrected chi connectivity index (χ1v) is 5.82. The van der Waals surface area contributed by atoms with Gasteiger partial charge in [-0.2, -0.15) is 13.2 Å². The van der Waals surface area contributed by atoms with Gasteiger partial charge in [-0.1, -0.05) is 20.8 Å². The lowest BCUT2D eigenvalue weighted by atomic mass is 10.2. The van der Waals surface area contributed by atoms with Crippen LogP contribution in [0.25, 0.3) is 0 Å². The number of carbonyl (C=O) groups is 1. The van der Waals surface area contributed by atoms with Crippen LogP contribution in [0.4, 0.5) is 13.2 Å². The van der Waals surface area contributed by atoms with E-state index in [0.717, 1.165) is 4.90 Å².